The zero-order valence-corrected chi connectivity index (χ0v) is 11.8. The third-order valence-electron chi connectivity index (χ3n) is 2.26. The van der Waals surface area contributed by atoms with Crippen molar-refractivity contribution in [2.24, 2.45) is 0 Å². The third-order valence-corrected chi connectivity index (χ3v) is 2.75. The maximum absolute atomic E-state index is 5.12. The van der Waals surface area contributed by atoms with Crippen molar-refractivity contribution in [2.45, 2.75) is 13.0 Å². The lowest BCUT2D eigenvalue weighted by molar-refractivity contribution is 0.190. The van der Waals surface area contributed by atoms with Crippen molar-refractivity contribution in [2.75, 3.05) is 38.0 Å². The first-order chi connectivity index (χ1) is 7.54. The number of ether oxygens (including phenoxy) is 1. The molecule has 0 radical (unpaired) electrons. The summed E-state index contributed by atoms with van der Waals surface area (Å²) in [5.74, 6) is 0. The Bertz CT molecular complexity index is 342. The van der Waals surface area contributed by atoms with Gasteiger partial charge in [-0.25, -0.2) is 0 Å². The lowest BCUT2D eigenvalue weighted by Gasteiger charge is -2.21. The molecule has 0 saturated carbocycles. The lowest BCUT2D eigenvalue weighted by atomic mass is 10.2. The van der Waals surface area contributed by atoms with Gasteiger partial charge >= 0.3 is 0 Å². The van der Waals surface area contributed by atoms with Crippen LogP contribution in [0.1, 0.15) is 6.92 Å². The van der Waals surface area contributed by atoms with Crippen LogP contribution in [0.5, 0.6) is 0 Å². The van der Waals surface area contributed by atoms with Crippen molar-refractivity contribution in [1.29, 1.82) is 0 Å². The molecule has 0 amide bonds. The quantitative estimate of drug-likeness (QED) is 0.901. The number of nitrogens with one attached hydrogen (secondary N) is 1. The number of halogens is 1. The topological polar surface area (TPSA) is 24.5 Å². The van der Waals surface area contributed by atoms with Crippen molar-refractivity contribution in [1.82, 2.24) is 0 Å². The molecule has 0 spiro atoms. The van der Waals surface area contributed by atoms with Crippen LogP contribution in [0.3, 0.4) is 0 Å². The van der Waals surface area contributed by atoms with Crippen LogP contribution in [0.4, 0.5) is 11.4 Å². The molecule has 1 N–H and O–H groups in total. The largest absolute Gasteiger partial charge is 0.383 e. The Balaban J connectivity index is 2.87. The first kappa shape index (κ1) is 13.3. The van der Waals surface area contributed by atoms with Crippen molar-refractivity contribution in [3.05, 3.63) is 22.7 Å². The van der Waals surface area contributed by atoms with E-state index in [1.165, 1.54) is 5.69 Å². The second-order valence-electron chi connectivity index (χ2n) is 4.06. The fourth-order valence-electron chi connectivity index (χ4n) is 1.57. The SMILES string of the molecule is COCC(C)Nc1cc(Br)ccc1N(C)C. The lowest BCUT2D eigenvalue weighted by Crippen LogP contribution is -2.22. The van der Waals surface area contributed by atoms with Gasteiger partial charge in [-0.15, -0.1) is 0 Å². The smallest absolute Gasteiger partial charge is 0.0661 e. The van der Waals surface area contributed by atoms with E-state index in [9.17, 15) is 0 Å². The van der Waals surface area contributed by atoms with Crippen LogP contribution in [0.25, 0.3) is 0 Å². The van der Waals surface area contributed by atoms with Gasteiger partial charge < -0.3 is 15.0 Å². The zero-order valence-electron chi connectivity index (χ0n) is 10.2. The molecule has 3 nitrogen and oxygen atoms in total. The first-order valence-corrected chi connectivity index (χ1v) is 6.06. The average Bonchev–Trinajstić information content (AvgIpc) is 2.17. The Hall–Kier alpha value is -0.740. The van der Waals surface area contributed by atoms with E-state index < -0.39 is 0 Å². The minimum atomic E-state index is 0.290. The molecule has 1 unspecified atom stereocenters. The summed E-state index contributed by atoms with van der Waals surface area (Å²) in [7, 11) is 5.79. The number of rotatable bonds is 5. The van der Waals surface area contributed by atoms with Gasteiger partial charge in [-0.05, 0) is 25.1 Å². The summed E-state index contributed by atoms with van der Waals surface area (Å²) in [4.78, 5) is 2.09. The molecule has 1 aromatic rings. The van der Waals surface area contributed by atoms with Crippen LogP contribution >= 0.6 is 15.9 Å². The molecule has 90 valence electrons. The molecule has 1 rings (SSSR count). The van der Waals surface area contributed by atoms with Gasteiger partial charge in [0.2, 0.25) is 0 Å². The summed E-state index contributed by atoms with van der Waals surface area (Å²) in [5, 5.41) is 3.44. The van der Waals surface area contributed by atoms with Gasteiger partial charge in [0.15, 0.2) is 0 Å². The van der Waals surface area contributed by atoms with Crippen LogP contribution in [0.15, 0.2) is 22.7 Å². The second kappa shape index (κ2) is 6.11. The van der Waals surface area contributed by atoms with Crippen molar-refractivity contribution < 1.29 is 4.74 Å². The molecule has 0 aliphatic carbocycles. The summed E-state index contributed by atoms with van der Waals surface area (Å²) in [6, 6.07) is 6.51. The predicted octanol–water partition coefficient (Wildman–Crippen LogP) is 2.96. The molecule has 0 bridgehead atoms. The Morgan fingerprint density at radius 2 is 2.12 bits per heavy atom. The molecular formula is C12H19BrN2O. The van der Waals surface area contributed by atoms with Crippen LogP contribution in [0, 0.1) is 0 Å². The maximum atomic E-state index is 5.12. The molecule has 4 heteroatoms. The highest BCUT2D eigenvalue weighted by Crippen LogP contribution is 2.28. The van der Waals surface area contributed by atoms with Crippen molar-refractivity contribution in [3.63, 3.8) is 0 Å². The maximum Gasteiger partial charge on any atom is 0.0661 e. The fraction of sp³-hybridized carbons (Fsp3) is 0.500. The average molecular weight is 287 g/mol. The summed E-state index contributed by atoms with van der Waals surface area (Å²) in [6.45, 7) is 2.79. The van der Waals surface area contributed by atoms with Crippen molar-refractivity contribution in [3.8, 4) is 0 Å². The second-order valence-corrected chi connectivity index (χ2v) is 4.97. The number of methoxy groups -OCH3 is 1. The zero-order chi connectivity index (χ0) is 12.1. The van der Waals surface area contributed by atoms with Gasteiger partial charge in [-0.2, -0.15) is 0 Å². The Morgan fingerprint density at radius 1 is 1.44 bits per heavy atom. The Morgan fingerprint density at radius 3 is 2.69 bits per heavy atom. The number of hydrogen-bond donors (Lipinski definition) is 1. The summed E-state index contributed by atoms with van der Waals surface area (Å²) in [5.41, 5.74) is 2.29. The van der Waals surface area contributed by atoms with E-state index in [2.05, 4.69) is 45.2 Å². The number of anilines is 2. The van der Waals surface area contributed by atoms with Gasteiger partial charge in [-0.1, -0.05) is 15.9 Å². The molecular weight excluding hydrogens is 268 g/mol. The minimum absolute atomic E-state index is 0.290. The highest BCUT2D eigenvalue weighted by molar-refractivity contribution is 9.10. The number of nitrogens with zero attached hydrogens (tertiary/aromatic N) is 1. The summed E-state index contributed by atoms with van der Waals surface area (Å²) >= 11 is 3.48. The van der Waals surface area contributed by atoms with Gasteiger partial charge in [0.1, 0.15) is 0 Å². The van der Waals surface area contributed by atoms with Gasteiger partial charge in [0.05, 0.1) is 18.0 Å². The summed E-state index contributed by atoms with van der Waals surface area (Å²) in [6.07, 6.45) is 0. The molecule has 1 atom stereocenters. The Kier molecular flexibility index (Phi) is 5.09. The highest BCUT2D eigenvalue weighted by atomic mass is 79.9. The van der Waals surface area contributed by atoms with E-state index in [-0.39, 0.29) is 6.04 Å². The fourth-order valence-corrected chi connectivity index (χ4v) is 1.93. The molecule has 1 aromatic carbocycles. The van der Waals surface area contributed by atoms with E-state index in [4.69, 9.17) is 4.74 Å². The standard InChI is InChI=1S/C12H19BrN2O/c1-9(8-16-4)14-11-7-10(13)5-6-12(11)15(2)3/h5-7,9,14H,8H2,1-4H3. The molecule has 0 aliphatic heterocycles. The highest BCUT2D eigenvalue weighted by Gasteiger charge is 2.08. The molecule has 0 heterocycles. The van der Waals surface area contributed by atoms with Gasteiger partial charge in [0, 0.05) is 31.7 Å². The van der Waals surface area contributed by atoms with Crippen LogP contribution in [0.2, 0.25) is 0 Å². The summed E-state index contributed by atoms with van der Waals surface area (Å²) < 4.78 is 6.19. The van der Waals surface area contributed by atoms with E-state index in [0.717, 1.165) is 10.2 Å². The third kappa shape index (κ3) is 3.68. The van der Waals surface area contributed by atoms with E-state index in [0.29, 0.717) is 6.61 Å². The Labute approximate surface area is 106 Å². The molecule has 0 saturated heterocycles. The molecule has 0 aliphatic rings. The minimum Gasteiger partial charge on any atom is -0.383 e. The molecule has 0 aromatic heterocycles. The normalized spacial score (nSPS) is 12.3. The van der Waals surface area contributed by atoms with E-state index in [1.807, 2.05) is 20.2 Å². The van der Waals surface area contributed by atoms with Gasteiger partial charge in [0.25, 0.3) is 0 Å². The van der Waals surface area contributed by atoms with Crippen LogP contribution < -0.4 is 10.2 Å². The molecule has 0 fully saturated rings. The molecule has 16 heavy (non-hydrogen) atoms. The number of hydrogen-bond acceptors (Lipinski definition) is 3. The monoisotopic (exact) mass is 286 g/mol. The van der Waals surface area contributed by atoms with E-state index in [1.54, 1.807) is 7.11 Å². The van der Waals surface area contributed by atoms with Gasteiger partial charge in [-0.3, -0.25) is 0 Å². The van der Waals surface area contributed by atoms with Crippen molar-refractivity contribution >= 4 is 27.3 Å². The first-order valence-electron chi connectivity index (χ1n) is 5.27. The van der Waals surface area contributed by atoms with E-state index >= 15 is 0 Å². The van der Waals surface area contributed by atoms with Crippen LogP contribution in [-0.4, -0.2) is 33.9 Å². The predicted molar refractivity (Wildman–Crippen MR) is 73.4 cm³/mol. The number of benzene rings is 1. The van der Waals surface area contributed by atoms with Crippen LogP contribution in [-0.2, 0) is 4.74 Å².